The Bertz CT molecular complexity index is 440. The monoisotopic (exact) mass is 254 g/mol. The average molecular weight is 254 g/mol. The first-order valence-electron chi connectivity index (χ1n) is 5.31. The highest BCUT2D eigenvalue weighted by Crippen LogP contribution is 2.25. The van der Waals surface area contributed by atoms with E-state index in [4.69, 9.17) is 14.9 Å². The van der Waals surface area contributed by atoms with E-state index >= 15 is 0 Å². The summed E-state index contributed by atoms with van der Waals surface area (Å²) >= 11 is 0. The summed E-state index contributed by atoms with van der Waals surface area (Å²) in [6, 6.07) is 5.95. The van der Waals surface area contributed by atoms with Crippen LogP contribution in [0, 0.1) is 0 Å². The first-order chi connectivity index (χ1) is 8.44. The largest absolute Gasteiger partial charge is 0.508 e. The van der Waals surface area contributed by atoms with Gasteiger partial charge in [-0.2, -0.15) is 0 Å². The average Bonchev–Trinajstić information content (AvgIpc) is 2.30. The maximum absolute atomic E-state index is 11.2. The molecule has 0 heterocycles. The highest BCUT2D eigenvalue weighted by molar-refractivity contribution is 6.02. The molecule has 0 fully saturated rings. The summed E-state index contributed by atoms with van der Waals surface area (Å²) in [5.74, 6) is -3.36. The molecule has 0 aliphatic heterocycles. The first-order valence-corrected chi connectivity index (χ1v) is 5.31. The molecular formula is C12H14O6. The third kappa shape index (κ3) is 2.60. The van der Waals surface area contributed by atoms with E-state index in [1.165, 1.54) is 19.1 Å². The fourth-order valence-electron chi connectivity index (χ4n) is 1.59. The van der Waals surface area contributed by atoms with Crippen molar-refractivity contribution in [3.63, 3.8) is 0 Å². The van der Waals surface area contributed by atoms with Gasteiger partial charge < -0.3 is 20.1 Å². The van der Waals surface area contributed by atoms with E-state index in [-0.39, 0.29) is 17.9 Å². The number of benzene rings is 1. The van der Waals surface area contributed by atoms with Crippen molar-refractivity contribution in [3.05, 3.63) is 29.8 Å². The molecule has 6 nitrogen and oxygen atoms in total. The lowest BCUT2D eigenvalue weighted by Crippen LogP contribution is -2.51. The van der Waals surface area contributed by atoms with E-state index in [1.807, 2.05) is 0 Å². The molecular weight excluding hydrogens is 240 g/mol. The van der Waals surface area contributed by atoms with Gasteiger partial charge in [-0.3, -0.25) is 0 Å². The molecule has 3 N–H and O–H groups in total. The minimum absolute atomic E-state index is 0.0633. The minimum Gasteiger partial charge on any atom is -0.508 e. The predicted octanol–water partition coefficient (Wildman–Crippen LogP) is 0.879. The number of phenolic OH excluding ortho intramolecular Hbond substituents is 1. The van der Waals surface area contributed by atoms with Crippen molar-refractivity contribution < 1.29 is 29.6 Å². The number of carboxylic acid groups (broad SMARTS) is 2. The maximum atomic E-state index is 11.2. The van der Waals surface area contributed by atoms with Crippen molar-refractivity contribution in [2.45, 2.75) is 18.9 Å². The summed E-state index contributed by atoms with van der Waals surface area (Å²) < 4.78 is 4.90. The molecule has 6 heteroatoms. The van der Waals surface area contributed by atoms with Crippen LogP contribution in [0.4, 0.5) is 0 Å². The van der Waals surface area contributed by atoms with E-state index in [0.29, 0.717) is 0 Å². The standard InChI is InChI=1S/C12H14O6/c1-2-18-12(10(14)15,11(16)17)7-8-5-3-4-6-9(8)13/h3-6,13H,2,7H2,1H3,(H,14,15)(H,16,17). The van der Waals surface area contributed by atoms with Crippen LogP contribution in [0.1, 0.15) is 12.5 Å². The molecule has 0 aliphatic rings. The van der Waals surface area contributed by atoms with Crippen molar-refractivity contribution in [1.29, 1.82) is 0 Å². The second-order valence-corrected chi connectivity index (χ2v) is 3.68. The number of aromatic hydroxyl groups is 1. The second kappa shape index (κ2) is 5.50. The van der Waals surface area contributed by atoms with E-state index in [2.05, 4.69) is 0 Å². The zero-order valence-corrected chi connectivity index (χ0v) is 9.79. The third-order valence-electron chi connectivity index (χ3n) is 2.51. The van der Waals surface area contributed by atoms with Crippen LogP contribution >= 0.6 is 0 Å². The van der Waals surface area contributed by atoms with E-state index in [1.54, 1.807) is 12.1 Å². The fourth-order valence-corrected chi connectivity index (χ4v) is 1.59. The quantitative estimate of drug-likeness (QED) is 0.651. The number of hydrogen-bond acceptors (Lipinski definition) is 4. The van der Waals surface area contributed by atoms with Crippen molar-refractivity contribution in [3.8, 4) is 5.75 Å². The van der Waals surface area contributed by atoms with Crippen molar-refractivity contribution in [2.75, 3.05) is 6.61 Å². The van der Waals surface area contributed by atoms with Gasteiger partial charge in [0.1, 0.15) is 5.75 Å². The van der Waals surface area contributed by atoms with Gasteiger partial charge in [0.05, 0.1) is 0 Å². The number of ether oxygens (including phenoxy) is 1. The van der Waals surface area contributed by atoms with Gasteiger partial charge in [0.15, 0.2) is 0 Å². The predicted molar refractivity (Wildman–Crippen MR) is 61.4 cm³/mol. The number of aliphatic carboxylic acids is 2. The summed E-state index contributed by atoms with van der Waals surface area (Å²) in [5.41, 5.74) is -2.18. The lowest BCUT2D eigenvalue weighted by molar-refractivity contribution is -0.182. The molecule has 0 bridgehead atoms. The number of carbonyl (C=O) groups is 2. The molecule has 1 rings (SSSR count). The van der Waals surface area contributed by atoms with Gasteiger partial charge in [-0.1, -0.05) is 18.2 Å². The van der Waals surface area contributed by atoms with Crippen LogP contribution < -0.4 is 0 Å². The number of rotatable bonds is 6. The zero-order valence-electron chi connectivity index (χ0n) is 9.79. The van der Waals surface area contributed by atoms with Crippen LogP contribution in [0.2, 0.25) is 0 Å². The van der Waals surface area contributed by atoms with Gasteiger partial charge in [0.2, 0.25) is 0 Å². The lowest BCUT2D eigenvalue weighted by Gasteiger charge is -2.24. The molecule has 0 aromatic heterocycles. The van der Waals surface area contributed by atoms with Gasteiger partial charge >= 0.3 is 11.9 Å². The van der Waals surface area contributed by atoms with E-state index in [9.17, 15) is 14.7 Å². The third-order valence-corrected chi connectivity index (χ3v) is 2.51. The topological polar surface area (TPSA) is 104 Å². The Balaban J connectivity index is 3.16. The van der Waals surface area contributed by atoms with Crippen molar-refractivity contribution >= 4 is 11.9 Å². The summed E-state index contributed by atoms with van der Waals surface area (Å²) in [4.78, 5) is 22.4. The Morgan fingerprint density at radius 2 is 1.78 bits per heavy atom. The maximum Gasteiger partial charge on any atom is 0.348 e. The lowest BCUT2D eigenvalue weighted by atomic mass is 9.93. The Hall–Kier alpha value is -2.08. The van der Waals surface area contributed by atoms with Gasteiger partial charge in [0.25, 0.3) is 5.60 Å². The van der Waals surface area contributed by atoms with Crippen LogP contribution in [0.3, 0.4) is 0 Å². The fraction of sp³-hybridized carbons (Fsp3) is 0.333. The zero-order chi connectivity index (χ0) is 13.8. The molecule has 98 valence electrons. The molecule has 0 atom stereocenters. The Kier molecular flexibility index (Phi) is 4.28. The Morgan fingerprint density at radius 3 is 2.22 bits per heavy atom. The van der Waals surface area contributed by atoms with Crippen LogP contribution in [0.25, 0.3) is 0 Å². The Morgan fingerprint density at radius 1 is 1.22 bits per heavy atom. The normalized spacial score (nSPS) is 11.2. The minimum atomic E-state index is -2.38. The highest BCUT2D eigenvalue weighted by atomic mass is 16.5. The molecule has 0 spiro atoms. The summed E-state index contributed by atoms with van der Waals surface area (Å²) in [5, 5.41) is 27.7. The van der Waals surface area contributed by atoms with Crippen molar-refractivity contribution in [2.24, 2.45) is 0 Å². The summed E-state index contributed by atoms with van der Waals surface area (Å²) in [6.07, 6.45) is -0.446. The van der Waals surface area contributed by atoms with Gasteiger partial charge in [-0.25, -0.2) is 9.59 Å². The molecule has 1 aromatic rings. The second-order valence-electron chi connectivity index (χ2n) is 3.68. The van der Waals surface area contributed by atoms with E-state index < -0.39 is 24.0 Å². The molecule has 0 amide bonds. The van der Waals surface area contributed by atoms with Gasteiger partial charge in [-0.05, 0) is 18.6 Å². The number of para-hydroxylation sites is 1. The van der Waals surface area contributed by atoms with Crippen LogP contribution in [0.15, 0.2) is 24.3 Å². The summed E-state index contributed by atoms with van der Waals surface area (Å²) in [7, 11) is 0. The molecule has 0 saturated carbocycles. The van der Waals surface area contributed by atoms with Gasteiger partial charge in [-0.15, -0.1) is 0 Å². The van der Waals surface area contributed by atoms with Gasteiger partial charge in [0, 0.05) is 13.0 Å². The molecule has 0 saturated heterocycles. The molecule has 0 aliphatic carbocycles. The first kappa shape index (κ1) is 14.0. The smallest absolute Gasteiger partial charge is 0.348 e. The van der Waals surface area contributed by atoms with Crippen molar-refractivity contribution in [1.82, 2.24) is 0 Å². The van der Waals surface area contributed by atoms with Crippen LogP contribution in [0.5, 0.6) is 5.75 Å². The molecule has 0 radical (unpaired) electrons. The number of hydrogen-bond donors (Lipinski definition) is 3. The van der Waals surface area contributed by atoms with Crippen LogP contribution in [-0.2, 0) is 20.7 Å². The Labute approximate surface area is 103 Å². The number of phenols is 1. The highest BCUT2D eigenvalue weighted by Gasteiger charge is 2.48. The molecule has 0 unspecified atom stereocenters. The van der Waals surface area contributed by atoms with Crippen LogP contribution in [-0.4, -0.2) is 39.5 Å². The molecule has 18 heavy (non-hydrogen) atoms. The SMILES string of the molecule is CCOC(Cc1ccccc1O)(C(=O)O)C(=O)O. The molecule has 1 aromatic carbocycles. The summed E-state index contributed by atoms with van der Waals surface area (Å²) in [6.45, 7) is 1.44. The van der Waals surface area contributed by atoms with E-state index in [0.717, 1.165) is 0 Å². The number of carboxylic acids is 2.